The molecule has 0 spiro atoms. The van der Waals surface area contributed by atoms with Gasteiger partial charge in [0, 0.05) is 7.05 Å². The summed E-state index contributed by atoms with van der Waals surface area (Å²) in [4.78, 5) is 13.0. The second-order valence-corrected chi connectivity index (χ2v) is 3.87. The van der Waals surface area contributed by atoms with Gasteiger partial charge in [-0.1, -0.05) is 6.07 Å². The maximum Gasteiger partial charge on any atom is 0.409 e. The van der Waals surface area contributed by atoms with E-state index in [1.807, 2.05) is 25.1 Å². The Morgan fingerprint density at radius 1 is 1.17 bits per heavy atom. The van der Waals surface area contributed by atoms with Crippen LogP contribution in [0.15, 0.2) is 18.2 Å². The van der Waals surface area contributed by atoms with Crippen LogP contribution in [-0.4, -0.2) is 39.4 Å². The van der Waals surface area contributed by atoms with Gasteiger partial charge in [0.15, 0.2) is 11.5 Å². The minimum Gasteiger partial charge on any atom is -0.493 e. The lowest BCUT2D eigenvalue weighted by Gasteiger charge is -2.24. The Bertz CT molecular complexity index is 419. The molecule has 0 fully saturated rings. The fourth-order valence-corrected chi connectivity index (χ4v) is 1.64. The van der Waals surface area contributed by atoms with Crippen LogP contribution in [0.2, 0.25) is 0 Å². The minimum absolute atomic E-state index is 0.114. The van der Waals surface area contributed by atoms with Gasteiger partial charge in [0.05, 0.1) is 27.4 Å². The SMILES string of the molecule is COC(=O)N(C)[C@@H](C)c1ccc(OC)c(OC)c1. The van der Waals surface area contributed by atoms with Crippen LogP contribution in [0, 0.1) is 0 Å². The Kier molecular flexibility index (Phi) is 4.83. The molecule has 0 bridgehead atoms. The summed E-state index contributed by atoms with van der Waals surface area (Å²) in [6, 6.07) is 5.45. The Balaban J connectivity index is 2.99. The van der Waals surface area contributed by atoms with Crippen molar-refractivity contribution in [1.82, 2.24) is 4.90 Å². The Labute approximate surface area is 107 Å². The highest BCUT2D eigenvalue weighted by atomic mass is 16.5. The number of hydrogen-bond acceptors (Lipinski definition) is 4. The minimum atomic E-state index is -0.378. The van der Waals surface area contributed by atoms with E-state index in [0.29, 0.717) is 11.5 Å². The van der Waals surface area contributed by atoms with Gasteiger partial charge >= 0.3 is 6.09 Å². The van der Waals surface area contributed by atoms with Crippen molar-refractivity contribution in [3.8, 4) is 11.5 Å². The first-order valence-corrected chi connectivity index (χ1v) is 5.57. The predicted molar refractivity (Wildman–Crippen MR) is 68.1 cm³/mol. The van der Waals surface area contributed by atoms with Crippen LogP contribution in [0.4, 0.5) is 4.79 Å². The normalized spacial score (nSPS) is 11.6. The molecule has 100 valence electrons. The molecule has 0 heterocycles. The third-order valence-electron chi connectivity index (χ3n) is 2.93. The number of carbonyl (C=O) groups is 1. The standard InChI is InChI=1S/C13H19NO4/c1-9(14(2)13(15)18-5)10-6-7-11(16-3)12(8-10)17-4/h6-9H,1-5H3/t9-/m0/s1. The van der Waals surface area contributed by atoms with Gasteiger partial charge in [-0.2, -0.15) is 0 Å². The lowest BCUT2D eigenvalue weighted by Crippen LogP contribution is -2.29. The molecular formula is C13H19NO4. The van der Waals surface area contributed by atoms with Crippen molar-refractivity contribution in [1.29, 1.82) is 0 Å². The summed E-state index contributed by atoms with van der Waals surface area (Å²) >= 11 is 0. The molecule has 1 aromatic carbocycles. The summed E-state index contributed by atoms with van der Waals surface area (Å²) in [6.07, 6.45) is -0.378. The van der Waals surface area contributed by atoms with E-state index < -0.39 is 0 Å². The molecule has 1 atom stereocenters. The molecule has 0 saturated heterocycles. The first kappa shape index (κ1) is 14.2. The Morgan fingerprint density at radius 2 is 1.78 bits per heavy atom. The van der Waals surface area contributed by atoms with Gasteiger partial charge in [0.1, 0.15) is 0 Å². The fraction of sp³-hybridized carbons (Fsp3) is 0.462. The van der Waals surface area contributed by atoms with Gasteiger partial charge in [0.25, 0.3) is 0 Å². The lowest BCUT2D eigenvalue weighted by atomic mass is 10.1. The molecule has 0 aromatic heterocycles. The van der Waals surface area contributed by atoms with Crippen LogP contribution >= 0.6 is 0 Å². The predicted octanol–water partition coefficient (Wildman–Crippen LogP) is 2.46. The van der Waals surface area contributed by atoms with Crippen molar-refractivity contribution >= 4 is 6.09 Å². The first-order chi connectivity index (χ1) is 8.54. The number of benzene rings is 1. The van der Waals surface area contributed by atoms with E-state index in [1.165, 1.54) is 12.0 Å². The van der Waals surface area contributed by atoms with Gasteiger partial charge < -0.3 is 19.1 Å². The third-order valence-corrected chi connectivity index (χ3v) is 2.93. The second kappa shape index (κ2) is 6.14. The van der Waals surface area contributed by atoms with E-state index in [2.05, 4.69) is 4.74 Å². The summed E-state index contributed by atoms with van der Waals surface area (Å²) in [7, 11) is 6.21. The number of ether oxygens (including phenoxy) is 3. The summed E-state index contributed by atoms with van der Waals surface area (Å²) < 4.78 is 15.1. The Morgan fingerprint density at radius 3 is 2.28 bits per heavy atom. The molecular weight excluding hydrogens is 234 g/mol. The van der Waals surface area contributed by atoms with Crippen LogP contribution in [0.1, 0.15) is 18.5 Å². The monoisotopic (exact) mass is 253 g/mol. The van der Waals surface area contributed by atoms with E-state index in [9.17, 15) is 4.79 Å². The molecule has 0 aliphatic carbocycles. The summed E-state index contributed by atoms with van der Waals surface area (Å²) in [5, 5.41) is 0. The van der Waals surface area contributed by atoms with E-state index in [-0.39, 0.29) is 12.1 Å². The second-order valence-electron chi connectivity index (χ2n) is 3.87. The van der Waals surface area contributed by atoms with Crippen molar-refractivity contribution < 1.29 is 19.0 Å². The van der Waals surface area contributed by atoms with Crippen LogP contribution < -0.4 is 9.47 Å². The molecule has 0 N–H and O–H groups in total. The molecule has 0 aliphatic heterocycles. The maximum atomic E-state index is 11.5. The highest BCUT2D eigenvalue weighted by Crippen LogP contribution is 2.31. The van der Waals surface area contributed by atoms with Crippen molar-refractivity contribution in [2.24, 2.45) is 0 Å². The van der Waals surface area contributed by atoms with E-state index >= 15 is 0 Å². The summed E-state index contributed by atoms with van der Waals surface area (Å²) in [6.45, 7) is 1.91. The van der Waals surface area contributed by atoms with Crippen molar-refractivity contribution in [3.63, 3.8) is 0 Å². The van der Waals surface area contributed by atoms with Crippen molar-refractivity contribution in [3.05, 3.63) is 23.8 Å². The van der Waals surface area contributed by atoms with Gasteiger partial charge in [-0.15, -0.1) is 0 Å². The summed E-state index contributed by atoms with van der Waals surface area (Å²) in [5.41, 5.74) is 0.945. The molecule has 0 saturated carbocycles. The summed E-state index contributed by atoms with van der Waals surface area (Å²) in [5.74, 6) is 1.30. The zero-order valence-electron chi connectivity index (χ0n) is 11.4. The van der Waals surface area contributed by atoms with Gasteiger partial charge in [-0.3, -0.25) is 0 Å². The van der Waals surface area contributed by atoms with Crippen LogP contribution in [0.5, 0.6) is 11.5 Å². The van der Waals surface area contributed by atoms with Gasteiger partial charge in [-0.05, 0) is 24.6 Å². The van der Waals surface area contributed by atoms with E-state index in [4.69, 9.17) is 9.47 Å². The lowest BCUT2D eigenvalue weighted by molar-refractivity contribution is 0.120. The number of carbonyl (C=O) groups excluding carboxylic acids is 1. The highest BCUT2D eigenvalue weighted by Gasteiger charge is 2.19. The topological polar surface area (TPSA) is 48.0 Å². The van der Waals surface area contributed by atoms with Crippen LogP contribution in [0.25, 0.3) is 0 Å². The molecule has 1 amide bonds. The number of hydrogen-bond donors (Lipinski definition) is 0. The fourth-order valence-electron chi connectivity index (χ4n) is 1.64. The van der Waals surface area contributed by atoms with Crippen LogP contribution in [-0.2, 0) is 4.74 Å². The number of amides is 1. The molecule has 1 rings (SSSR count). The number of rotatable bonds is 4. The number of methoxy groups -OCH3 is 3. The van der Waals surface area contributed by atoms with Crippen molar-refractivity contribution in [2.75, 3.05) is 28.4 Å². The molecule has 18 heavy (non-hydrogen) atoms. The maximum absolute atomic E-state index is 11.5. The largest absolute Gasteiger partial charge is 0.493 e. The van der Waals surface area contributed by atoms with Gasteiger partial charge in [0.2, 0.25) is 0 Å². The average molecular weight is 253 g/mol. The average Bonchev–Trinajstić information content (AvgIpc) is 2.43. The quantitative estimate of drug-likeness (QED) is 0.827. The molecule has 1 aromatic rings. The van der Waals surface area contributed by atoms with Crippen molar-refractivity contribution in [2.45, 2.75) is 13.0 Å². The highest BCUT2D eigenvalue weighted by molar-refractivity contribution is 5.67. The molecule has 0 aliphatic rings. The molecule has 5 nitrogen and oxygen atoms in total. The van der Waals surface area contributed by atoms with E-state index in [0.717, 1.165) is 5.56 Å². The molecule has 5 heteroatoms. The van der Waals surface area contributed by atoms with E-state index in [1.54, 1.807) is 21.3 Å². The zero-order valence-corrected chi connectivity index (χ0v) is 11.4. The molecule has 0 unspecified atom stereocenters. The third kappa shape index (κ3) is 2.85. The smallest absolute Gasteiger partial charge is 0.409 e. The zero-order chi connectivity index (χ0) is 13.7. The Hall–Kier alpha value is -1.91. The first-order valence-electron chi connectivity index (χ1n) is 5.57. The van der Waals surface area contributed by atoms with Crippen LogP contribution in [0.3, 0.4) is 0 Å². The molecule has 0 radical (unpaired) electrons. The van der Waals surface area contributed by atoms with Gasteiger partial charge in [-0.25, -0.2) is 4.79 Å². The number of nitrogens with zero attached hydrogens (tertiary/aromatic N) is 1.